The number of nitrogen functional groups attached to an aromatic ring is 1. The summed E-state index contributed by atoms with van der Waals surface area (Å²) in [6.07, 6.45) is -0.677. The minimum atomic E-state index is -0.677. The van der Waals surface area contributed by atoms with Gasteiger partial charge in [0.05, 0.1) is 0 Å². The van der Waals surface area contributed by atoms with Crippen molar-refractivity contribution in [3.63, 3.8) is 0 Å². The lowest BCUT2D eigenvalue weighted by Crippen LogP contribution is -2.10. The Kier molecular flexibility index (Phi) is 4.07. The highest BCUT2D eigenvalue weighted by Gasteiger charge is 2.09. The Morgan fingerprint density at radius 2 is 1.79 bits per heavy atom. The second kappa shape index (κ2) is 5.76. The Labute approximate surface area is 113 Å². The van der Waals surface area contributed by atoms with Crippen LogP contribution >= 0.6 is 0 Å². The first-order valence-corrected chi connectivity index (χ1v) is 6.29. The molecule has 1 unspecified atom stereocenters. The number of benzene rings is 2. The van der Waals surface area contributed by atoms with E-state index in [1.54, 1.807) is 12.1 Å². The smallest absolute Gasteiger partial charge is 0.119 e. The molecule has 0 bridgehead atoms. The number of hydrogen-bond acceptors (Lipinski definition) is 3. The first kappa shape index (κ1) is 13.4. The van der Waals surface area contributed by atoms with Crippen LogP contribution in [-0.4, -0.2) is 11.7 Å². The van der Waals surface area contributed by atoms with Crippen LogP contribution in [0.5, 0.6) is 5.75 Å². The summed E-state index contributed by atoms with van der Waals surface area (Å²) in [4.78, 5) is 0. The Morgan fingerprint density at radius 3 is 2.42 bits per heavy atom. The summed E-state index contributed by atoms with van der Waals surface area (Å²) in [5.74, 6) is 0.778. The van der Waals surface area contributed by atoms with Crippen LogP contribution in [0, 0.1) is 13.8 Å². The van der Waals surface area contributed by atoms with Crippen molar-refractivity contribution in [3.8, 4) is 5.75 Å². The van der Waals surface area contributed by atoms with Crippen LogP contribution in [0.15, 0.2) is 42.5 Å². The monoisotopic (exact) mass is 257 g/mol. The summed E-state index contributed by atoms with van der Waals surface area (Å²) in [6.45, 7) is 4.26. The number of aliphatic hydroxyl groups excluding tert-OH is 1. The molecule has 0 aliphatic heterocycles. The van der Waals surface area contributed by atoms with Crippen molar-refractivity contribution in [2.75, 3.05) is 12.3 Å². The van der Waals surface area contributed by atoms with Gasteiger partial charge < -0.3 is 15.6 Å². The third-order valence-electron chi connectivity index (χ3n) is 2.90. The van der Waals surface area contributed by atoms with Gasteiger partial charge in [-0.15, -0.1) is 0 Å². The molecule has 3 nitrogen and oxygen atoms in total. The molecule has 19 heavy (non-hydrogen) atoms. The quantitative estimate of drug-likeness (QED) is 0.828. The zero-order valence-corrected chi connectivity index (χ0v) is 11.3. The molecular formula is C16H19NO2. The molecule has 0 saturated heterocycles. The van der Waals surface area contributed by atoms with Crippen molar-refractivity contribution < 1.29 is 9.84 Å². The van der Waals surface area contributed by atoms with Gasteiger partial charge in [0.15, 0.2) is 0 Å². The maximum absolute atomic E-state index is 10.1. The van der Waals surface area contributed by atoms with E-state index in [-0.39, 0.29) is 6.61 Å². The van der Waals surface area contributed by atoms with E-state index < -0.39 is 6.10 Å². The maximum atomic E-state index is 10.1. The van der Waals surface area contributed by atoms with Crippen LogP contribution < -0.4 is 10.5 Å². The van der Waals surface area contributed by atoms with Crippen molar-refractivity contribution in [1.29, 1.82) is 0 Å². The number of aryl methyl sites for hydroxylation is 2. The Balaban J connectivity index is 2.02. The molecule has 2 rings (SSSR count). The topological polar surface area (TPSA) is 55.5 Å². The second-order valence-electron chi connectivity index (χ2n) is 4.82. The molecule has 100 valence electrons. The van der Waals surface area contributed by atoms with E-state index in [4.69, 9.17) is 10.5 Å². The SMILES string of the molecule is Cc1cc(C)cc(OCC(O)c2cccc(N)c2)c1. The molecule has 0 aromatic heterocycles. The number of aliphatic hydroxyl groups is 1. The first-order valence-electron chi connectivity index (χ1n) is 6.29. The molecule has 1 atom stereocenters. The van der Waals surface area contributed by atoms with Gasteiger partial charge in [-0.25, -0.2) is 0 Å². The summed E-state index contributed by atoms with van der Waals surface area (Å²) in [5, 5.41) is 10.1. The lowest BCUT2D eigenvalue weighted by atomic mass is 10.1. The predicted octanol–water partition coefficient (Wildman–Crippen LogP) is 3.00. The number of anilines is 1. The van der Waals surface area contributed by atoms with Gasteiger partial charge in [-0.05, 0) is 54.8 Å². The predicted molar refractivity (Wildman–Crippen MR) is 77.2 cm³/mol. The molecule has 0 saturated carbocycles. The molecule has 0 aliphatic carbocycles. The average molecular weight is 257 g/mol. The summed E-state index contributed by atoms with van der Waals surface area (Å²) < 4.78 is 5.63. The number of ether oxygens (including phenoxy) is 1. The van der Waals surface area contributed by atoms with Gasteiger partial charge in [-0.2, -0.15) is 0 Å². The minimum absolute atomic E-state index is 0.215. The third-order valence-corrected chi connectivity index (χ3v) is 2.90. The van der Waals surface area contributed by atoms with E-state index >= 15 is 0 Å². The molecular weight excluding hydrogens is 238 g/mol. The highest BCUT2D eigenvalue weighted by atomic mass is 16.5. The number of hydrogen-bond donors (Lipinski definition) is 2. The molecule has 2 aromatic rings. The highest BCUT2D eigenvalue weighted by molar-refractivity contribution is 5.41. The van der Waals surface area contributed by atoms with E-state index in [9.17, 15) is 5.11 Å². The molecule has 3 heteroatoms. The first-order chi connectivity index (χ1) is 9.04. The van der Waals surface area contributed by atoms with Crippen molar-refractivity contribution in [2.45, 2.75) is 20.0 Å². The van der Waals surface area contributed by atoms with Crippen LogP contribution in [-0.2, 0) is 0 Å². The summed E-state index contributed by atoms with van der Waals surface area (Å²) in [7, 11) is 0. The summed E-state index contributed by atoms with van der Waals surface area (Å²) in [6, 6.07) is 13.2. The Bertz CT molecular complexity index is 546. The van der Waals surface area contributed by atoms with E-state index in [0.29, 0.717) is 5.69 Å². The van der Waals surface area contributed by atoms with Crippen LogP contribution in [0.25, 0.3) is 0 Å². The van der Waals surface area contributed by atoms with Crippen LogP contribution in [0.3, 0.4) is 0 Å². The van der Waals surface area contributed by atoms with Crippen LogP contribution in [0.2, 0.25) is 0 Å². The molecule has 3 N–H and O–H groups in total. The fourth-order valence-corrected chi connectivity index (χ4v) is 2.05. The normalized spacial score (nSPS) is 12.2. The van der Waals surface area contributed by atoms with Gasteiger partial charge in [0, 0.05) is 5.69 Å². The zero-order chi connectivity index (χ0) is 13.8. The summed E-state index contributed by atoms with van der Waals surface area (Å²) in [5.41, 5.74) is 9.39. The van der Waals surface area contributed by atoms with E-state index in [1.807, 2.05) is 38.1 Å². The van der Waals surface area contributed by atoms with Gasteiger partial charge in [0.1, 0.15) is 18.5 Å². The van der Waals surface area contributed by atoms with E-state index in [1.165, 1.54) is 0 Å². The van der Waals surface area contributed by atoms with Crippen molar-refractivity contribution in [1.82, 2.24) is 0 Å². The fourth-order valence-electron chi connectivity index (χ4n) is 2.05. The van der Waals surface area contributed by atoms with Crippen molar-refractivity contribution >= 4 is 5.69 Å². The number of rotatable bonds is 4. The Hall–Kier alpha value is -2.00. The van der Waals surface area contributed by atoms with Gasteiger partial charge >= 0.3 is 0 Å². The third kappa shape index (κ3) is 3.73. The number of nitrogens with two attached hydrogens (primary N) is 1. The summed E-state index contributed by atoms with van der Waals surface area (Å²) >= 11 is 0. The van der Waals surface area contributed by atoms with Gasteiger partial charge in [0.25, 0.3) is 0 Å². The van der Waals surface area contributed by atoms with Gasteiger partial charge in [-0.1, -0.05) is 18.2 Å². The van der Waals surface area contributed by atoms with E-state index in [0.717, 1.165) is 22.4 Å². The van der Waals surface area contributed by atoms with Gasteiger partial charge in [-0.3, -0.25) is 0 Å². The Morgan fingerprint density at radius 1 is 1.11 bits per heavy atom. The second-order valence-corrected chi connectivity index (χ2v) is 4.82. The average Bonchev–Trinajstić information content (AvgIpc) is 2.35. The standard InChI is InChI=1S/C16H19NO2/c1-11-6-12(2)8-15(7-11)19-10-16(18)13-4-3-5-14(17)9-13/h3-9,16,18H,10,17H2,1-2H3. The molecule has 0 amide bonds. The maximum Gasteiger partial charge on any atom is 0.119 e. The largest absolute Gasteiger partial charge is 0.491 e. The lowest BCUT2D eigenvalue weighted by Gasteiger charge is -2.14. The van der Waals surface area contributed by atoms with Crippen LogP contribution in [0.4, 0.5) is 5.69 Å². The van der Waals surface area contributed by atoms with Crippen molar-refractivity contribution in [2.24, 2.45) is 0 Å². The molecule has 2 aromatic carbocycles. The molecule has 0 fully saturated rings. The zero-order valence-electron chi connectivity index (χ0n) is 11.3. The van der Waals surface area contributed by atoms with Crippen molar-refractivity contribution in [3.05, 3.63) is 59.2 Å². The molecule has 0 spiro atoms. The molecule has 0 radical (unpaired) electrons. The van der Waals surface area contributed by atoms with E-state index in [2.05, 4.69) is 6.07 Å². The van der Waals surface area contributed by atoms with Crippen LogP contribution in [0.1, 0.15) is 22.8 Å². The minimum Gasteiger partial charge on any atom is -0.491 e. The fraction of sp³-hybridized carbons (Fsp3) is 0.250. The lowest BCUT2D eigenvalue weighted by molar-refractivity contribution is 0.108. The van der Waals surface area contributed by atoms with Gasteiger partial charge in [0.2, 0.25) is 0 Å². The highest BCUT2D eigenvalue weighted by Crippen LogP contribution is 2.20. The molecule has 0 aliphatic rings. The molecule has 0 heterocycles.